The maximum absolute atomic E-state index is 12.8. The van der Waals surface area contributed by atoms with E-state index in [4.69, 9.17) is 16.3 Å². The van der Waals surface area contributed by atoms with Crippen LogP contribution < -0.4 is 4.74 Å². The van der Waals surface area contributed by atoms with Gasteiger partial charge in [0.05, 0.1) is 12.2 Å². The number of alkyl halides is 3. The molecule has 2 unspecified atom stereocenters. The zero-order valence-electron chi connectivity index (χ0n) is 17.8. The first-order valence-corrected chi connectivity index (χ1v) is 11.5. The van der Waals surface area contributed by atoms with Gasteiger partial charge < -0.3 is 9.53 Å². The Morgan fingerprint density at radius 2 is 1.62 bits per heavy atom. The number of piperidine rings is 1. The molecule has 0 aromatic heterocycles. The summed E-state index contributed by atoms with van der Waals surface area (Å²) in [5, 5.41) is 0.642. The van der Waals surface area contributed by atoms with E-state index in [0.717, 1.165) is 62.6 Å². The summed E-state index contributed by atoms with van der Waals surface area (Å²) in [7, 11) is 0. The van der Waals surface area contributed by atoms with Crippen molar-refractivity contribution in [1.29, 1.82) is 0 Å². The molecule has 4 rings (SSSR count). The molecule has 3 nitrogen and oxygen atoms in total. The van der Waals surface area contributed by atoms with Crippen molar-refractivity contribution in [3.05, 3.63) is 64.7 Å². The van der Waals surface area contributed by atoms with E-state index in [-0.39, 0.29) is 11.8 Å². The van der Waals surface area contributed by atoms with Crippen LogP contribution in [-0.2, 0) is 16.5 Å². The van der Waals surface area contributed by atoms with Crippen molar-refractivity contribution < 1.29 is 22.7 Å². The fourth-order valence-electron chi connectivity index (χ4n) is 4.97. The summed E-state index contributed by atoms with van der Waals surface area (Å²) in [5.41, 5.74) is -0.380. The standard InChI is InChI=1S/C25H27ClF3NO2/c26-22-10-6-20(7-11-22)24(17-31,19-4-1-5-19)30-14-2-3-18(15-30)16-32-23-12-8-21(9-13-23)25(27,28)29/h6-13,17-19H,1-5,14-16H2. The lowest BCUT2D eigenvalue weighted by Gasteiger charge is -2.51. The van der Waals surface area contributed by atoms with Gasteiger partial charge in [-0.15, -0.1) is 0 Å². The van der Waals surface area contributed by atoms with Crippen LogP contribution in [0.15, 0.2) is 48.5 Å². The maximum atomic E-state index is 12.8. The summed E-state index contributed by atoms with van der Waals surface area (Å²) in [6, 6.07) is 12.4. The van der Waals surface area contributed by atoms with Crippen LogP contribution in [0.1, 0.15) is 43.2 Å². The molecule has 2 aromatic carbocycles. The van der Waals surface area contributed by atoms with E-state index < -0.39 is 17.3 Å². The van der Waals surface area contributed by atoms with Crippen LogP contribution >= 0.6 is 11.6 Å². The van der Waals surface area contributed by atoms with Crippen LogP contribution in [0.2, 0.25) is 5.02 Å². The Hall–Kier alpha value is -2.05. The van der Waals surface area contributed by atoms with E-state index in [1.54, 1.807) is 0 Å². The van der Waals surface area contributed by atoms with Crippen LogP contribution in [0.4, 0.5) is 13.2 Å². The van der Waals surface area contributed by atoms with Crippen LogP contribution in [-0.4, -0.2) is 30.9 Å². The van der Waals surface area contributed by atoms with E-state index in [1.807, 2.05) is 24.3 Å². The third-order valence-corrected chi connectivity index (χ3v) is 7.18. The molecule has 0 radical (unpaired) electrons. The van der Waals surface area contributed by atoms with Gasteiger partial charge in [-0.05, 0) is 80.1 Å². The number of carbonyl (C=O) groups excluding carboxylic acids is 1. The molecule has 1 aliphatic heterocycles. The van der Waals surface area contributed by atoms with Gasteiger partial charge in [0.2, 0.25) is 0 Å². The van der Waals surface area contributed by atoms with Crippen LogP contribution in [0.5, 0.6) is 5.75 Å². The Kier molecular flexibility index (Phi) is 6.82. The largest absolute Gasteiger partial charge is 0.493 e. The first-order valence-electron chi connectivity index (χ1n) is 11.1. The van der Waals surface area contributed by atoms with Gasteiger partial charge in [-0.1, -0.05) is 30.2 Å². The second-order valence-corrected chi connectivity index (χ2v) is 9.30. The average molecular weight is 466 g/mol. The van der Waals surface area contributed by atoms with E-state index in [0.29, 0.717) is 23.9 Å². The molecule has 1 saturated heterocycles. The maximum Gasteiger partial charge on any atom is 0.416 e. The Morgan fingerprint density at radius 3 is 2.19 bits per heavy atom. The van der Waals surface area contributed by atoms with Crippen molar-refractivity contribution in [2.45, 2.75) is 43.8 Å². The van der Waals surface area contributed by atoms with E-state index in [1.165, 1.54) is 12.1 Å². The number of ether oxygens (including phenoxy) is 1. The fraction of sp³-hybridized carbons (Fsp3) is 0.480. The first kappa shape index (κ1) is 23.1. The number of hydrogen-bond donors (Lipinski definition) is 0. The number of nitrogens with zero attached hydrogens (tertiary/aromatic N) is 1. The Morgan fingerprint density at radius 1 is 0.969 bits per heavy atom. The molecule has 7 heteroatoms. The second-order valence-electron chi connectivity index (χ2n) is 8.87. The first-order chi connectivity index (χ1) is 15.3. The Bertz CT molecular complexity index is 912. The summed E-state index contributed by atoms with van der Waals surface area (Å²) in [4.78, 5) is 14.9. The SMILES string of the molecule is O=CC(c1ccc(Cl)cc1)(C1CCC1)N1CCCC(COc2ccc(C(F)(F)F)cc2)C1. The van der Waals surface area contributed by atoms with Crippen molar-refractivity contribution in [2.75, 3.05) is 19.7 Å². The van der Waals surface area contributed by atoms with Gasteiger partial charge in [-0.25, -0.2) is 0 Å². The van der Waals surface area contributed by atoms with Crippen molar-refractivity contribution in [2.24, 2.45) is 11.8 Å². The molecule has 0 spiro atoms. The zero-order valence-corrected chi connectivity index (χ0v) is 18.5. The van der Waals surface area contributed by atoms with Crippen molar-refractivity contribution in [1.82, 2.24) is 4.90 Å². The molecule has 2 fully saturated rings. The number of likely N-dealkylation sites (tertiary alicyclic amines) is 1. The zero-order chi connectivity index (χ0) is 22.8. The predicted molar refractivity (Wildman–Crippen MR) is 118 cm³/mol. The molecule has 1 aliphatic carbocycles. The molecular formula is C25H27ClF3NO2. The lowest BCUT2D eigenvalue weighted by atomic mass is 9.66. The highest BCUT2D eigenvalue weighted by atomic mass is 35.5. The number of hydrogen-bond acceptors (Lipinski definition) is 3. The highest BCUT2D eigenvalue weighted by Gasteiger charge is 2.48. The van der Waals surface area contributed by atoms with Gasteiger partial charge in [0.1, 0.15) is 17.6 Å². The second kappa shape index (κ2) is 9.44. The predicted octanol–water partition coefficient (Wildman–Crippen LogP) is 6.34. The summed E-state index contributed by atoms with van der Waals surface area (Å²) in [5.74, 6) is 0.891. The lowest BCUT2D eigenvalue weighted by molar-refractivity contribution is -0.137. The molecule has 172 valence electrons. The molecule has 2 aliphatic rings. The molecule has 0 bridgehead atoms. The smallest absolute Gasteiger partial charge is 0.416 e. The molecule has 0 N–H and O–H groups in total. The number of rotatable bonds is 7. The van der Waals surface area contributed by atoms with Gasteiger partial charge in [0, 0.05) is 17.5 Å². The van der Waals surface area contributed by atoms with Crippen LogP contribution in [0, 0.1) is 11.8 Å². The minimum Gasteiger partial charge on any atom is -0.493 e. The van der Waals surface area contributed by atoms with Crippen LogP contribution in [0.25, 0.3) is 0 Å². The quantitative estimate of drug-likeness (QED) is 0.446. The topological polar surface area (TPSA) is 29.5 Å². The van der Waals surface area contributed by atoms with Crippen molar-refractivity contribution in [3.8, 4) is 5.75 Å². The summed E-state index contributed by atoms with van der Waals surface area (Å²) < 4.78 is 44.1. The van der Waals surface area contributed by atoms with Gasteiger partial charge in [0.15, 0.2) is 0 Å². The average Bonchev–Trinajstić information content (AvgIpc) is 2.75. The van der Waals surface area contributed by atoms with Crippen molar-refractivity contribution in [3.63, 3.8) is 0 Å². The highest BCUT2D eigenvalue weighted by Crippen LogP contribution is 2.46. The number of aldehydes is 1. The monoisotopic (exact) mass is 465 g/mol. The Labute approximate surface area is 191 Å². The van der Waals surface area contributed by atoms with E-state index in [2.05, 4.69) is 4.90 Å². The molecule has 32 heavy (non-hydrogen) atoms. The van der Waals surface area contributed by atoms with Gasteiger partial charge >= 0.3 is 6.18 Å². The van der Waals surface area contributed by atoms with E-state index in [9.17, 15) is 18.0 Å². The van der Waals surface area contributed by atoms with Crippen molar-refractivity contribution >= 4 is 17.9 Å². The minimum absolute atomic E-state index is 0.192. The van der Waals surface area contributed by atoms with Crippen LogP contribution in [0.3, 0.4) is 0 Å². The fourth-order valence-corrected chi connectivity index (χ4v) is 5.10. The molecular weight excluding hydrogens is 439 g/mol. The normalized spacial score (nSPS) is 22.1. The van der Waals surface area contributed by atoms with Gasteiger partial charge in [-0.2, -0.15) is 13.2 Å². The third-order valence-electron chi connectivity index (χ3n) is 6.92. The number of benzene rings is 2. The molecule has 0 amide bonds. The third kappa shape index (κ3) is 4.67. The molecule has 2 atom stereocenters. The van der Waals surface area contributed by atoms with Gasteiger partial charge in [-0.3, -0.25) is 4.90 Å². The molecule has 1 heterocycles. The molecule has 1 saturated carbocycles. The Balaban J connectivity index is 1.47. The number of halogens is 4. The van der Waals surface area contributed by atoms with Gasteiger partial charge in [0.25, 0.3) is 0 Å². The van der Waals surface area contributed by atoms with E-state index >= 15 is 0 Å². The summed E-state index contributed by atoms with van der Waals surface area (Å²) in [6.45, 7) is 1.94. The molecule has 2 aromatic rings. The summed E-state index contributed by atoms with van der Waals surface area (Å²) in [6.07, 6.45) is 1.81. The lowest BCUT2D eigenvalue weighted by Crippen LogP contribution is -2.58. The minimum atomic E-state index is -4.36. The highest BCUT2D eigenvalue weighted by molar-refractivity contribution is 6.30. The number of carbonyl (C=O) groups is 1. The summed E-state index contributed by atoms with van der Waals surface area (Å²) >= 11 is 6.09.